The zero-order chi connectivity index (χ0) is 20.0. The molecular formula is C22H21N3O2S. The SMILES string of the molecule is Cc1cccc(C)c1NC(=O)C(C)n1nc(C)c2sc3ccccc3c2c1=O. The lowest BCUT2D eigenvalue weighted by Crippen LogP contribution is -2.34. The Morgan fingerprint density at radius 1 is 1.07 bits per heavy atom. The van der Waals surface area contributed by atoms with Crippen LogP contribution < -0.4 is 10.9 Å². The molecule has 1 N–H and O–H groups in total. The van der Waals surface area contributed by atoms with E-state index in [0.717, 1.165) is 37.3 Å². The molecule has 2 aromatic heterocycles. The number of anilines is 1. The Morgan fingerprint density at radius 3 is 2.46 bits per heavy atom. The van der Waals surface area contributed by atoms with Crippen LogP contribution in [0.3, 0.4) is 0 Å². The van der Waals surface area contributed by atoms with E-state index in [1.54, 1.807) is 18.3 Å². The summed E-state index contributed by atoms with van der Waals surface area (Å²) in [5.41, 5.74) is 3.27. The zero-order valence-electron chi connectivity index (χ0n) is 16.2. The van der Waals surface area contributed by atoms with Crippen molar-refractivity contribution in [2.45, 2.75) is 33.7 Å². The summed E-state index contributed by atoms with van der Waals surface area (Å²) >= 11 is 1.56. The van der Waals surface area contributed by atoms with Gasteiger partial charge in [-0.3, -0.25) is 9.59 Å². The van der Waals surface area contributed by atoms with E-state index in [1.165, 1.54) is 4.68 Å². The summed E-state index contributed by atoms with van der Waals surface area (Å²) in [7, 11) is 0. The van der Waals surface area contributed by atoms with Gasteiger partial charge in [0.25, 0.3) is 5.56 Å². The molecule has 1 amide bonds. The summed E-state index contributed by atoms with van der Waals surface area (Å²) in [6.45, 7) is 7.48. The molecule has 4 rings (SSSR count). The number of rotatable bonds is 3. The standard InChI is InChI=1S/C22H21N3O2S/c1-12-8-7-9-13(2)19(12)23-21(26)15(4)25-22(27)18-16-10-5-6-11-17(16)28-20(18)14(3)24-25/h5-11,15H,1-4H3,(H,23,26). The first kappa shape index (κ1) is 18.4. The van der Waals surface area contributed by atoms with Crippen LogP contribution >= 0.6 is 11.3 Å². The van der Waals surface area contributed by atoms with Gasteiger partial charge in [-0.15, -0.1) is 11.3 Å². The highest BCUT2D eigenvalue weighted by Gasteiger charge is 2.22. The Hall–Kier alpha value is -2.99. The van der Waals surface area contributed by atoms with Crippen LogP contribution in [0, 0.1) is 20.8 Å². The molecule has 0 aliphatic heterocycles. The summed E-state index contributed by atoms with van der Waals surface area (Å²) in [6, 6.07) is 12.9. The van der Waals surface area contributed by atoms with E-state index < -0.39 is 6.04 Å². The molecule has 0 spiro atoms. The lowest BCUT2D eigenvalue weighted by Gasteiger charge is -2.17. The lowest BCUT2D eigenvalue weighted by molar-refractivity contribution is -0.119. The van der Waals surface area contributed by atoms with Crippen LogP contribution in [0.2, 0.25) is 0 Å². The van der Waals surface area contributed by atoms with Gasteiger partial charge in [0.05, 0.1) is 15.8 Å². The first-order valence-electron chi connectivity index (χ1n) is 9.16. The number of para-hydroxylation sites is 1. The fourth-order valence-electron chi connectivity index (χ4n) is 3.49. The second-order valence-electron chi connectivity index (χ2n) is 7.07. The third-order valence-corrected chi connectivity index (χ3v) is 6.36. The maximum Gasteiger partial charge on any atom is 0.276 e. The van der Waals surface area contributed by atoms with E-state index in [2.05, 4.69) is 10.4 Å². The number of thiophene rings is 1. The summed E-state index contributed by atoms with van der Waals surface area (Å²) in [5, 5.41) is 8.97. The van der Waals surface area contributed by atoms with Crippen LogP contribution in [0.1, 0.15) is 29.8 Å². The monoisotopic (exact) mass is 391 g/mol. The van der Waals surface area contributed by atoms with Crippen LogP contribution in [0.5, 0.6) is 0 Å². The molecule has 0 bridgehead atoms. The van der Waals surface area contributed by atoms with Crippen molar-refractivity contribution < 1.29 is 4.79 Å². The normalized spacial score (nSPS) is 12.4. The molecule has 4 aromatic rings. The minimum absolute atomic E-state index is 0.234. The second kappa shape index (κ2) is 6.87. The molecule has 0 radical (unpaired) electrons. The predicted octanol–water partition coefficient (Wildman–Crippen LogP) is 4.74. The van der Waals surface area contributed by atoms with Crippen molar-refractivity contribution in [1.82, 2.24) is 9.78 Å². The van der Waals surface area contributed by atoms with Crippen molar-refractivity contribution in [2.24, 2.45) is 0 Å². The number of hydrogen-bond donors (Lipinski definition) is 1. The highest BCUT2D eigenvalue weighted by molar-refractivity contribution is 7.26. The number of amides is 1. The van der Waals surface area contributed by atoms with Crippen LogP contribution in [0.25, 0.3) is 20.2 Å². The number of fused-ring (bicyclic) bond motifs is 3. The molecular weight excluding hydrogens is 370 g/mol. The molecule has 0 saturated heterocycles. The van der Waals surface area contributed by atoms with E-state index in [0.29, 0.717) is 5.39 Å². The van der Waals surface area contributed by atoms with Gasteiger partial charge in [-0.1, -0.05) is 36.4 Å². The van der Waals surface area contributed by atoms with Crippen molar-refractivity contribution in [3.05, 3.63) is 69.6 Å². The van der Waals surface area contributed by atoms with Gasteiger partial charge in [0, 0.05) is 15.8 Å². The average Bonchev–Trinajstić information content (AvgIpc) is 3.07. The van der Waals surface area contributed by atoms with E-state index in [9.17, 15) is 9.59 Å². The van der Waals surface area contributed by atoms with Crippen LogP contribution in [0.4, 0.5) is 5.69 Å². The molecule has 28 heavy (non-hydrogen) atoms. The molecule has 142 valence electrons. The first-order valence-corrected chi connectivity index (χ1v) is 9.98. The number of hydrogen-bond acceptors (Lipinski definition) is 4. The highest BCUT2D eigenvalue weighted by Crippen LogP contribution is 2.33. The Morgan fingerprint density at radius 2 is 1.75 bits per heavy atom. The van der Waals surface area contributed by atoms with Gasteiger partial charge in [-0.2, -0.15) is 5.10 Å². The zero-order valence-corrected chi connectivity index (χ0v) is 17.1. The number of aryl methyl sites for hydroxylation is 3. The fourth-order valence-corrected chi connectivity index (χ4v) is 4.63. The van der Waals surface area contributed by atoms with Crippen molar-refractivity contribution >= 4 is 43.1 Å². The second-order valence-corrected chi connectivity index (χ2v) is 8.12. The predicted molar refractivity (Wildman–Crippen MR) is 115 cm³/mol. The Kier molecular flexibility index (Phi) is 4.51. The van der Waals surface area contributed by atoms with Crippen LogP contribution in [-0.2, 0) is 4.79 Å². The maximum atomic E-state index is 13.2. The van der Waals surface area contributed by atoms with Crippen molar-refractivity contribution in [3.8, 4) is 0 Å². The number of carbonyl (C=O) groups excluding carboxylic acids is 1. The van der Waals surface area contributed by atoms with Gasteiger partial charge in [0.15, 0.2) is 0 Å². The minimum Gasteiger partial charge on any atom is -0.324 e. The summed E-state index contributed by atoms with van der Waals surface area (Å²) in [6.07, 6.45) is 0. The van der Waals surface area contributed by atoms with Gasteiger partial charge >= 0.3 is 0 Å². The number of nitrogens with one attached hydrogen (secondary N) is 1. The molecule has 2 aromatic carbocycles. The molecule has 2 heterocycles. The third kappa shape index (κ3) is 2.90. The van der Waals surface area contributed by atoms with Crippen molar-refractivity contribution in [1.29, 1.82) is 0 Å². The maximum absolute atomic E-state index is 13.2. The molecule has 5 nitrogen and oxygen atoms in total. The topological polar surface area (TPSA) is 64.0 Å². The average molecular weight is 391 g/mol. The molecule has 0 saturated carbocycles. The van der Waals surface area contributed by atoms with E-state index in [1.807, 2.05) is 63.2 Å². The van der Waals surface area contributed by atoms with E-state index >= 15 is 0 Å². The lowest BCUT2D eigenvalue weighted by atomic mass is 10.1. The molecule has 0 aliphatic rings. The van der Waals surface area contributed by atoms with Gasteiger partial charge in [0.1, 0.15) is 6.04 Å². The van der Waals surface area contributed by atoms with Gasteiger partial charge in [0.2, 0.25) is 5.91 Å². The van der Waals surface area contributed by atoms with Crippen LogP contribution in [0.15, 0.2) is 47.3 Å². The van der Waals surface area contributed by atoms with Gasteiger partial charge in [-0.25, -0.2) is 4.68 Å². The highest BCUT2D eigenvalue weighted by atomic mass is 32.1. The Balaban J connectivity index is 1.80. The fraction of sp³-hybridized carbons (Fsp3) is 0.227. The van der Waals surface area contributed by atoms with E-state index in [4.69, 9.17) is 0 Å². The Labute approximate surface area is 166 Å². The van der Waals surface area contributed by atoms with E-state index in [-0.39, 0.29) is 11.5 Å². The first-order chi connectivity index (χ1) is 13.4. The molecule has 6 heteroatoms. The summed E-state index contributed by atoms with van der Waals surface area (Å²) in [5.74, 6) is -0.259. The molecule has 1 atom stereocenters. The van der Waals surface area contributed by atoms with Crippen molar-refractivity contribution in [3.63, 3.8) is 0 Å². The summed E-state index contributed by atoms with van der Waals surface area (Å²) < 4.78 is 3.23. The molecule has 0 aliphatic carbocycles. The van der Waals surface area contributed by atoms with Crippen LogP contribution in [-0.4, -0.2) is 15.7 Å². The number of benzene rings is 2. The molecule has 0 fully saturated rings. The Bertz CT molecular complexity index is 1270. The van der Waals surface area contributed by atoms with Gasteiger partial charge < -0.3 is 5.32 Å². The minimum atomic E-state index is -0.728. The largest absolute Gasteiger partial charge is 0.324 e. The number of carbonyl (C=O) groups is 1. The third-order valence-electron chi connectivity index (χ3n) is 5.08. The quantitative estimate of drug-likeness (QED) is 0.549. The smallest absolute Gasteiger partial charge is 0.276 e. The van der Waals surface area contributed by atoms with Crippen molar-refractivity contribution in [2.75, 3.05) is 5.32 Å². The summed E-state index contributed by atoms with van der Waals surface area (Å²) in [4.78, 5) is 26.1. The van der Waals surface area contributed by atoms with Gasteiger partial charge in [-0.05, 0) is 44.9 Å². The number of nitrogens with zero attached hydrogens (tertiary/aromatic N) is 2. The molecule has 1 unspecified atom stereocenters. The number of aromatic nitrogens is 2.